The lowest BCUT2D eigenvalue weighted by Gasteiger charge is -2.14. The second-order valence-electron chi connectivity index (χ2n) is 5.82. The number of imidazole rings is 1. The van der Waals surface area contributed by atoms with Crippen molar-refractivity contribution in [3.8, 4) is 0 Å². The monoisotopic (exact) mass is 363 g/mol. The van der Waals surface area contributed by atoms with Gasteiger partial charge in [0.2, 0.25) is 0 Å². The van der Waals surface area contributed by atoms with Gasteiger partial charge in [-0.15, -0.1) is 0 Å². The highest BCUT2D eigenvalue weighted by Crippen LogP contribution is 2.15. The Hall–Kier alpha value is -2.58. The van der Waals surface area contributed by atoms with Crippen molar-refractivity contribution in [3.63, 3.8) is 0 Å². The molecule has 0 aliphatic rings. The van der Waals surface area contributed by atoms with Crippen LogP contribution in [-0.2, 0) is 20.6 Å². The third-order valence-corrected chi connectivity index (χ3v) is 4.23. The molecular weight excluding hydrogens is 346 g/mol. The van der Waals surface area contributed by atoms with E-state index < -0.39 is 17.4 Å². The molecule has 1 aromatic carbocycles. The molecule has 132 valence electrons. The Morgan fingerprint density at radius 1 is 1.28 bits per heavy atom. The zero-order valence-electron chi connectivity index (χ0n) is 13.8. The van der Waals surface area contributed by atoms with E-state index in [1.807, 2.05) is 12.1 Å². The van der Waals surface area contributed by atoms with E-state index >= 15 is 0 Å². The molecule has 9 heteroatoms. The highest BCUT2D eigenvalue weighted by molar-refractivity contribution is 6.30. The molecule has 8 nitrogen and oxygen atoms in total. The number of benzene rings is 1. The van der Waals surface area contributed by atoms with Gasteiger partial charge in [0.1, 0.15) is 0 Å². The third-order valence-electron chi connectivity index (χ3n) is 3.99. The van der Waals surface area contributed by atoms with Gasteiger partial charge in [-0.3, -0.25) is 13.9 Å². The molecule has 25 heavy (non-hydrogen) atoms. The van der Waals surface area contributed by atoms with Crippen LogP contribution in [0, 0.1) is 0 Å². The number of nitrogens with zero attached hydrogens (tertiary/aromatic N) is 4. The van der Waals surface area contributed by atoms with Crippen LogP contribution in [0.5, 0.6) is 0 Å². The van der Waals surface area contributed by atoms with Gasteiger partial charge in [0, 0.05) is 31.4 Å². The van der Waals surface area contributed by atoms with Crippen molar-refractivity contribution in [1.82, 2.24) is 18.7 Å². The summed E-state index contributed by atoms with van der Waals surface area (Å²) >= 11 is 5.92. The number of anilines is 1. The fraction of sp³-hybridized carbons (Fsp3) is 0.312. The molecule has 0 aliphatic carbocycles. The summed E-state index contributed by atoms with van der Waals surface area (Å²) in [5.74, 6) is 0. The number of fused-ring (bicyclic) bond motifs is 1. The Morgan fingerprint density at radius 3 is 2.76 bits per heavy atom. The maximum atomic E-state index is 12.4. The third kappa shape index (κ3) is 3.31. The number of hydrogen-bond donors (Lipinski definition) is 2. The number of aliphatic hydroxyl groups is 1. The second-order valence-corrected chi connectivity index (χ2v) is 6.26. The summed E-state index contributed by atoms with van der Waals surface area (Å²) in [6.07, 6.45) is 0.687. The number of hydrogen-bond acceptors (Lipinski definition) is 5. The molecule has 0 amide bonds. The molecule has 2 heterocycles. The maximum absolute atomic E-state index is 12.4. The van der Waals surface area contributed by atoms with Gasteiger partial charge in [0.05, 0.1) is 19.0 Å². The van der Waals surface area contributed by atoms with Crippen LogP contribution in [0.15, 0.2) is 40.2 Å². The first kappa shape index (κ1) is 17.2. The van der Waals surface area contributed by atoms with Crippen molar-refractivity contribution < 1.29 is 5.11 Å². The molecule has 0 aliphatic heterocycles. The lowest BCUT2D eigenvalue weighted by Crippen LogP contribution is -2.38. The van der Waals surface area contributed by atoms with Gasteiger partial charge in [0.25, 0.3) is 5.56 Å². The Balaban J connectivity index is 1.81. The first-order chi connectivity index (χ1) is 11.9. The molecule has 1 atom stereocenters. The van der Waals surface area contributed by atoms with Crippen molar-refractivity contribution in [2.75, 3.05) is 11.9 Å². The highest BCUT2D eigenvalue weighted by Gasteiger charge is 2.16. The molecule has 0 bridgehead atoms. The average Bonchev–Trinajstić information content (AvgIpc) is 3.00. The summed E-state index contributed by atoms with van der Waals surface area (Å²) in [5, 5.41) is 14.0. The first-order valence-corrected chi connectivity index (χ1v) is 8.04. The number of nitrogens with one attached hydrogen (secondary N) is 1. The minimum Gasteiger partial charge on any atom is -0.389 e. The van der Waals surface area contributed by atoms with Crippen LogP contribution in [0.4, 0.5) is 5.69 Å². The minimum absolute atomic E-state index is 0.164. The molecule has 3 aromatic rings. The predicted octanol–water partition coefficient (Wildman–Crippen LogP) is 0.560. The Bertz CT molecular complexity index is 1040. The summed E-state index contributed by atoms with van der Waals surface area (Å²) in [4.78, 5) is 28.4. The summed E-state index contributed by atoms with van der Waals surface area (Å²) in [6.45, 7) is 0.434. The molecule has 0 spiro atoms. The molecule has 2 aromatic heterocycles. The number of rotatable bonds is 5. The topological polar surface area (TPSA) is 94.1 Å². The van der Waals surface area contributed by atoms with Gasteiger partial charge in [-0.25, -0.2) is 9.78 Å². The van der Waals surface area contributed by atoms with Crippen LogP contribution in [0.2, 0.25) is 5.02 Å². The summed E-state index contributed by atoms with van der Waals surface area (Å²) in [5.41, 5.74) is 0.492. The fourth-order valence-corrected chi connectivity index (χ4v) is 2.85. The Morgan fingerprint density at radius 2 is 2.04 bits per heavy atom. The number of aliphatic hydroxyl groups excluding tert-OH is 1. The molecule has 2 N–H and O–H groups in total. The summed E-state index contributed by atoms with van der Waals surface area (Å²) < 4.78 is 3.89. The Labute approximate surface area is 147 Å². The molecule has 3 rings (SSSR count). The lowest BCUT2D eigenvalue weighted by molar-refractivity contribution is 0.168. The van der Waals surface area contributed by atoms with Crippen molar-refractivity contribution in [2.24, 2.45) is 14.1 Å². The molecule has 1 unspecified atom stereocenters. The van der Waals surface area contributed by atoms with E-state index in [2.05, 4.69) is 10.3 Å². The van der Waals surface area contributed by atoms with Crippen LogP contribution in [-0.4, -0.2) is 36.4 Å². The van der Waals surface area contributed by atoms with Crippen LogP contribution in [0.3, 0.4) is 0 Å². The first-order valence-electron chi connectivity index (χ1n) is 7.67. The molecular formula is C16H18ClN5O3. The van der Waals surface area contributed by atoms with E-state index in [-0.39, 0.29) is 18.6 Å². The SMILES string of the molecule is Cn1c(=O)c2c(ncn2CC(O)CNc2cccc(Cl)c2)n(C)c1=O. The van der Waals surface area contributed by atoms with Gasteiger partial charge < -0.3 is 15.0 Å². The zero-order chi connectivity index (χ0) is 18.1. The van der Waals surface area contributed by atoms with E-state index in [1.165, 1.54) is 17.9 Å². The van der Waals surface area contributed by atoms with Crippen LogP contribution in [0.1, 0.15) is 0 Å². The standard InChI is InChI=1S/C16H18ClN5O3/c1-20-14-13(15(24)21(2)16(20)25)22(9-19-14)8-12(23)7-18-11-5-3-4-10(17)6-11/h3-6,9,12,18,23H,7-8H2,1-2H3. The number of aromatic nitrogens is 4. The van der Waals surface area contributed by atoms with Gasteiger partial charge in [-0.2, -0.15) is 0 Å². The minimum atomic E-state index is -0.765. The van der Waals surface area contributed by atoms with Crippen molar-refractivity contribution in [1.29, 1.82) is 0 Å². The van der Waals surface area contributed by atoms with Crippen LogP contribution < -0.4 is 16.6 Å². The van der Waals surface area contributed by atoms with Crippen molar-refractivity contribution in [3.05, 3.63) is 56.5 Å². The zero-order valence-corrected chi connectivity index (χ0v) is 14.6. The van der Waals surface area contributed by atoms with Gasteiger partial charge >= 0.3 is 5.69 Å². The van der Waals surface area contributed by atoms with Gasteiger partial charge in [-0.05, 0) is 18.2 Å². The second kappa shape index (κ2) is 6.73. The summed E-state index contributed by atoms with van der Waals surface area (Å²) in [6, 6.07) is 7.18. The quantitative estimate of drug-likeness (QED) is 0.690. The van der Waals surface area contributed by atoms with E-state index in [0.717, 1.165) is 10.3 Å². The van der Waals surface area contributed by atoms with E-state index in [0.29, 0.717) is 10.7 Å². The lowest BCUT2D eigenvalue weighted by atomic mass is 10.3. The van der Waals surface area contributed by atoms with E-state index in [4.69, 9.17) is 11.6 Å². The Kier molecular flexibility index (Phi) is 4.65. The molecule has 0 saturated heterocycles. The normalized spacial score (nSPS) is 12.5. The molecule has 0 fully saturated rings. The van der Waals surface area contributed by atoms with Gasteiger partial charge in [-0.1, -0.05) is 17.7 Å². The highest BCUT2D eigenvalue weighted by atomic mass is 35.5. The van der Waals surface area contributed by atoms with Crippen molar-refractivity contribution in [2.45, 2.75) is 12.6 Å². The number of aryl methyl sites for hydroxylation is 1. The van der Waals surface area contributed by atoms with E-state index in [1.54, 1.807) is 23.7 Å². The molecule has 0 radical (unpaired) electrons. The largest absolute Gasteiger partial charge is 0.389 e. The maximum Gasteiger partial charge on any atom is 0.332 e. The average molecular weight is 364 g/mol. The van der Waals surface area contributed by atoms with Crippen LogP contribution in [0.25, 0.3) is 11.2 Å². The van der Waals surface area contributed by atoms with Gasteiger partial charge in [0.15, 0.2) is 11.2 Å². The number of halogens is 1. The predicted molar refractivity (Wildman–Crippen MR) is 96.2 cm³/mol. The fourth-order valence-electron chi connectivity index (χ4n) is 2.66. The van der Waals surface area contributed by atoms with Crippen molar-refractivity contribution >= 4 is 28.5 Å². The smallest absolute Gasteiger partial charge is 0.332 e. The summed E-state index contributed by atoms with van der Waals surface area (Å²) in [7, 11) is 2.97. The van der Waals surface area contributed by atoms with E-state index in [9.17, 15) is 14.7 Å². The molecule has 0 saturated carbocycles. The van der Waals surface area contributed by atoms with Crippen LogP contribution >= 0.6 is 11.6 Å².